The van der Waals surface area contributed by atoms with Crippen LogP contribution in [0.4, 0.5) is 0 Å². The van der Waals surface area contributed by atoms with E-state index in [9.17, 15) is 4.79 Å². The van der Waals surface area contributed by atoms with Crippen molar-refractivity contribution >= 4 is 17.5 Å². The van der Waals surface area contributed by atoms with E-state index in [1.807, 2.05) is 41.3 Å². The molecule has 2 aromatic rings. The lowest BCUT2D eigenvalue weighted by atomic mass is 10.0. The highest BCUT2D eigenvalue weighted by atomic mass is 35.5. The highest BCUT2D eigenvalue weighted by Crippen LogP contribution is 2.43. The molecule has 6 heteroatoms. The quantitative estimate of drug-likeness (QED) is 0.662. The Labute approximate surface area is 170 Å². The fourth-order valence-electron chi connectivity index (χ4n) is 3.86. The summed E-state index contributed by atoms with van der Waals surface area (Å²) in [4.78, 5) is 14.8. The van der Waals surface area contributed by atoms with Crippen LogP contribution in [0.3, 0.4) is 0 Å². The summed E-state index contributed by atoms with van der Waals surface area (Å²) >= 11 is 6.09. The van der Waals surface area contributed by atoms with E-state index >= 15 is 0 Å². The summed E-state index contributed by atoms with van der Waals surface area (Å²) in [5.74, 6) is 2.38. The molecule has 1 amide bonds. The van der Waals surface area contributed by atoms with Crippen molar-refractivity contribution in [1.82, 2.24) is 4.90 Å². The first-order chi connectivity index (χ1) is 13.7. The number of nitrogens with zero attached hydrogens (tertiary/aromatic N) is 1. The highest BCUT2D eigenvalue weighted by molar-refractivity contribution is 6.32. The van der Waals surface area contributed by atoms with E-state index in [4.69, 9.17) is 25.8 Å². The first kappa shape index (κ1) is 18.9. The minimum Gasteiger partial charge on any atom is -0.492 e. The number of hydrogen-bond acceptors (Lipinski definition) is 4. The molecule has 2 aliphatic rings. The van der Waals surface area contributed by atoms with Crippen molar-refractivity contribution < 1.29 is 19.0 Å². The van der Waals surface area contributed by atoms with Gasteiger partial charge in [0.15, 0.2) is 11.5 Å². The van der Waals surface area contributed by atoms with E-state index in [-0.39, 0.29) is 11.9 Å². The third-order valence-electron chi connectivity index (χ3n) is 5.16. The van der Waals surface area contributed by atoms with Crippen molar-refractivity contribution in [1.29, 1.82) is 0 Å². The summed E-state index contributed by atoms with van der Waals surface area (Å²) < 4.78 is 17.2. The van der Waals surface area contributed by atoms with Crippen LogP contribution in [0.25, 0.3) is 0 Å². The number of rotatable bonds is 6. The number of ether oxygens (including phenoxy) is 3. The number of halogens is 1. The molecule has 2 heterocycles. The number of amides is 1. The van der Waals surface area contributed by atoms with E-state index in [0.717, 1.165) is 36.4 Å². The molecule has 0 saturated carbocycles. The lowest BCUT2D eigenvalue weighted by molar-refractivity contribution is -0.132. The molecule has 2 aliphatic heterocycles. The number of hydrogen-bond donors (Lipinski definition) is 0. The Kier molecular flexibility index (Phi) is 5.91. The molecule has 1 fully saturated rings. The van der Waals surface area contributed by atoms with Crippen LogP contribution in [0.5, 0.6) is 17.2 Å². The topological polar surface area (TPSA) is 48.0 Å². The molecular formula is C22H24ClNO4. The molecule has 148 valence electrons. The fourth-order valence-corrected chi connectivity index (χ4v) is 4.05. The first-order valence-corrected chi connectivity index (χ1v) is 10.2. The average Bonchev–Trinajstić information content (AvgIpc) is 3.21. The summed E-state index contributed by atoms with van der Waals surface area (Å²) in [6, 6.07) is 13.4. The van der Waals surface area contributed by atoms with Crippen molar-refractivity contribution in [3.8, 4) is 17.2 Å². The minimum absolute atomic E-state index is 0.0497. The van der Waals surface area contributed by atoms with Crippen molar-refractivity contribution in [3.63, 3.8) is 0 Å². The largest absolute Gasteiger partial charge is 0.492 e. The van der Waals surface area contributed by atoms with Gasteiger partial charge in [0.25, 0.3) is 0 Å². The van der Waals surface area contributed by atoms with E-state index < -0.39 is 0 Å². The molecular weight excluding hydrogens is 378 g/mol. The Balaban J connectivity index is 1.36. The number of benzene rings is 2. The van der Waals surface area contributed by atoms with Gasteiger partial charge in [-0.2, -0.15) is 0 Å². The predicted molar refractivity (Wildman–Crippen MR) is 107 cm³/mol. The number of fused-ring (bicyclic) bond motifs is 1. The molecule has 1 unspecified atom stereocenters. The SMILES string of the molecule is O=C(CCCOc1ccccc1Cl)N1CCCC1c1cccc2c1OCCO2. The van der Waals surface area contributed by atoms with Gasteiger partial charge >= 0.3 is 0 Å². The second kappa shape index (κ2) is 8.74. The van der Waals surface area contributed by atoms with Gasteiger partial charge in [-0.05, 0) is 37.5 Å². The van der Waals surface area contributed by atoms with Gasteiger partial charge in [-0.15, -0.1) is 0 Å². The van der Waals surface area contributed by atoms with Crippen molar-refractivity contribution in [3.05, 3.63) is 53.1 Å². The first-order valence-electron chi connectivity index (χ1n) is 9.79. The molecule has 1 atom stereocenters. The Morgan fingerprint density at radius 3 is 2.89 bits per heavy atom. The van der Waals surface area contributed by atoms with Gasteiger partial charge in [-0.3, -0.25) is 4.79 Å². The molecule has 0 bridgehead atoms. The van der Waals surface area contributed by atoms with Crippen LogP contribution in [-0.2, 0) is 4.79 Å². The summed E-state index contributed by atoms with van der Waals surface area (Å²) in [6.45, 7) is 2.35. The van der Waals surface area contributed by atoms with Crippen LogP contribution in [0.15, 0.2) is 42.5 Å². The minimum atomic E-state index is 0.0497. The van der Waals surface area contributed by atoms with E-state index in [0.29, 0.717) is 43.4 Å². The summed E-state index contributed by atoms with van der Waals surface area (Å²) in [6.07, 6.45) is 3.05. The van der Waals surface area contributed by atoms with Gasteiger partial charge in [-0.25, -0.2) is 0 Å². The van der Waals surface area contributed by atoms with Crippen molar-refractivity contribution in [2.24, 2.45) is 0 Å². The number of carbonyl (C=O) groups excluding carboxylic acids is 1. The fraction of sp³-hybridized carbons (Fsp3) is 0.409. The monoisotopic (exact) mass is 401 g/mol. The van der Waals surface area contributed by atoms with Gasteiger partial charge < -0.3 is 19.1 Å². The highest BCUT2D eigenvalue weighted by Gasteiger charge is 2.33. The Hall–Kier alpha value is -2.40. The maximum atomic E-state index is 12.8. The van der Waals surface area contributed by atoms with E-state index in [2.05, 4.69) is 0 Å². The standard InChI is InChI=1S/C22H24ClNO4/c23-17-7-1-2-9-19(17)26-13-5-11-21(25)24-12-4-8-18(24)16-6-3-10-20-22(16)28-15-14-27-20/h1-3,6-7,9-10,18H,4-5,8,11-15H2. The van der Waals surface area contributed by atoms with Crippen molar-refractivity contribution in [2.75, 3.05) is 26.4 Å². The molecule has 0 aliphatic carbocycles. The number of likely N-dealkylation sites (tertiary alicyclic amines) is 1. The third kappa shape index (κ3) is 4.04. The van der Waals surface area contributed by atoms with Crippen LogP contribution >= 0.6 is 11.6 Å². The van der Waals surface area contributed by atoms with Crippen LogP contribution < -0.4 is 14.2 Å². The molecule has 5 nitrogen and oxygen atoms in total. The second-order valence-corrected chi connectivity index (χ2v) is 7.41. The smallest absolute Gasteiger partial charge is 0.223 e. The molecule has 0 N–H and O–H groups in total. The lowest BCUT2D eigenvalue weighted by Crippen LogP contribution is -2.31. The molecule has 0 aromatic heterocycles. The van der Waals surface area contributed by atoms with Crippen molar-refractivity contribution in [2.45, 2.75) is 31.7 Å². The maximum absolute atomic E-state index is 12.8. The summed E-state index contributed by atoms with van der Waals surface area (Å²) in [5, 5.41) is 0.588. The average molecular weight is 402 g/mol. The molecule has 0 radical (unpaired) electrons. The van der Waals surface area contributed by atoms with E-state index in [1.54, 1.807) is 6.07 Å². The van der Waals surface area contributed by atoms with E-state index in [1.165, 1.54) is 0 Å². The normalized spacial score (nSPS) is 18.2. The van der Waals surface area contributed by atoms with Gasteiger partial charge in [0.1, 0.15) is 19.0 Å². The predicted octanol–water partition coefficient (Wildman–Crippen LogP) is 4.63. The Morgan fingerprint density at radius 2 is 2.00 bits per heavy atom. The molecule has 4 rings (SSSR count). The lowest BCUT2D eigenvalue weighted by Gasteiger charge is -2.29. The summed E-state index contributed by atoms with van der Waals surface area (Å²) in [7, 11) is 0. The molecule has 28 heavy (non-hydrogen) atoms. The van der Waals surface area contributed by atoms with Crippen LogP contribution in [0, 0.1) is 0 Å². The summed E-state index contributed by atoms with van der Waals surface area (Å²) in [5.41, 5.74) is 1.05. The zero-order valence-electron chi connectivity index (χ0n) is 15.7. The van der Waals surface area contributed by atoms with Crippen LogP contribution in [-0.4, -0.2) is 37.2 Å². The van der Waals surface area contributed by atoms with Crippen LogP contribution in [0.2, 0.25) is 5.02 Å². The second-order valence-electron chi connectivity index (χ2n) is 7.00. The van der Waals surface area contributed by atoms with Gasteiger partial charge in [-0.1, -0.05) is 35.9 Å². The van der Waals surface area contributed by atoms with Gasteiger partial charge in [0, 0.05) is 18.5 Å². The number of para-hydroxylation sites is 2. The van der Waals surface area contributed by atoms with Gasteiger partial charge in [0.2, 0.25) is 5.91 Å². The molecule has 2 aromatic carbocycles. The molecule has 1 saturated heterocycles. The Morgan fingerprint density at radius 1 is 1.14 bits per heavy atom. The van der Waals surface area contributed by atoms with Crippen LogP contribution in [0.1, 0.15) is 37.3 Å². The zero-order valence-corrected chi connectivity index (χ0v) is 16.5. The molecule has 0 spiro atoms. The zero-order chi connectivity index (χ0) is 19.3. The van der Waals surface area contributed by atoms with Gasteiger partial charge in [0.05, 0.1) is 17.7 Å². The number of carbonyl (C=O) groups is 1. The Bertz CT molecular complexity index is 841. The maximum Gasteiger partial charge on any atom is 0.223 e. The third-order valence-corrected chi connectivity index (χ3v) is 5.47.